The van der Waals surface area contributed by atoms with Crippen LogP contribution in [0.2, 0.25) is 0 Å². The first-order chi connectivity index (χ1) is 12.6. The second-order valence-electron chi connectivity index (χ2n) is 7.79. The molecule has 1 aromatic rings. The maximum atomic E-state index is 11.5. The van der Waals surface area contributed by atoms with Gasteiger partial charge in [0.15, 0.2) is 0 Å². The Balaban J connectivity index is 1.42. The van der Waals surface area contributed by atoms with Gasteiger partial charge in [0.2, 0.25) is 5.91 Å². The summed E-state index contributed by atoms with van der Waals surface area (Å²) in [7, 11) is 3.51. The van der Waals surface area contributed by atoms with Crippen LogP contribution in [0.5, 0.6) is 0 Å². The average Bonchev–Trinajstić information content (AvgIpc) is 3.19. The molecule has 0 aromatic heterocycles. The molecule has 2 heterocycles. The SMILES string of the molecule is CCc1ccc(CN2C[C@@H]3[C@H](CCOCC(=O)N(C)C)CO[C@@H]3C2)cc1. The molecular formula is C21H32N2O3. The molecule has 2 fully saturated rings. The highest BCUT2D eigenvalue weighted by atomic mass is 16.5. The fourth-order valence-corrected chi connectivity index (χ4v) is 3.97. The zero-order valence-electron chi connectivity index (χ0n) is 16.3. The van der Waals surface area contributed by atoms with Gasteiger partial charge in [0.05, 0.1) is 12.7 Å². The molecular weight excluding hydrogens is 328 g/mol. The summed E-state index contributed by atoms with van der Waals surface area (Å²) in [5.74, 6) is 1.16. The van der Waals surface area contributed by atoms with Crippen LogP contribution in [0, 0.1) is 11.8 Å². The third-order valence-corrected chi connectivity index (χ3v) is 5.71. The summed E-state index contributed by atoms with van der Waals surface area (Å²) in [6.45, 7) is 6.95. The summed E-state index contributed by atoms with van der Waals surface area (Å²) in [5.41, 5.74) is 2.77. The van der Waals surface area contributed by atoms with E-state index in [-0.39, 0.29) is 12.5 Å². The molecule has 1 amide bonds. The number of aryl methyl sites for hydroxylation is 1. The molecule has 0 spiro atoms. The highest BCUT2D eigenvalue weighted by Crippen LogP contribution is 2.36. The Labute approximate surface area is 157 Å². The molecule has 2 aliphatic heterocycles. The minimum atomic E-state index is 0.0201. The molecule has 5 heteroatoms. The van der Waals surface area contributed by atoms with Gasteiger partial charge in [-0.25, -0.2) is 0 Å². The number of carbonyl (C=O) groups excluding carboxylic acids is 1. The van der Waals surface area contributed by atoms with E-state index >= 15 is 0 Å². The molecule has 0 radical (unpaired) electrons. The number of likely N-dealkylation sites (N-methyl/N-ethyl adjacent to an activating group) is 1. The van der Waals surface area contributed by atoms with Crippen molar-refractivity contribution in [1.29, 1.82) is 0 Å². The predicted molar refractivity (Wildman–Crippen MR) is 102 cm³/mol. The number of likely N-dealkylation sites (tertiary alicyclic amines) is 1. The van der Waals surface area contributed by atoms with Crippen LogP contribution in [0.3, 0.4) is 0 Å². The van der Waals surface area contributed by atoms with E-state index in [2.05, 4.69) is 36.1 Å². The summed E-state index contributed by atoms with van der Waals surface area (Å²) >= 11 is 0. The van der Waals surface area contributed by atoms with Crippen molar-refractivity contribution in [3.63, 3.8) is 0 Å². The summed E-state index contributed by atoms with van der Waals surface area (Å²) in [6.07, 6.45) is 2.42. The Kier molecular flexibility index (Phi) is 6.68. The van der Waals surface area contributed by atoms with Crippen molar-refractivity contribution in [3.05, 3.63) is 35.4 Å². The molecule has 0 N–H and O–H groups in total. The van der Waals surface area contributed by atoms with E-state index in [4.69, 9.17) is 9.47 Å². The average molecular weight is 360 g/mol. The number of nitrogens with zero attached hydrogens (tertiary/aromatic N) is 2. The molecule has 5 nitrogen and oxygen atoms in total. The smallest absolute Gasteiger partial charge is 0.248 e. The lowest BCUT2D eigenvalue weighted by Crippen LogP contribution is -2.27. The van der Waals surface area contributed by atoms with E-state index in [1.165, 1.54) is 11.1 Å². The van der Waals surface area contributed by atoms with Crippen LogP contribution < -0.4 is 0 Å². The molecule has 0 aliphatic carbocycles. The van der Waals surface area contributed by atoms with Crippen molar-refractivity contribution < 1.29 is 14.3 Å². The molecule has 3 rings (SSSR count). The minimum absolute atomic E-state index is 0.0201. The first-order valence-electron chi connectivity index (χ1n) is 9.76. The largest absolute Gasteiger partial charge is 0.376 e. The number of amides is 1. The van der Waals surface area contributed by atoms with Gasteiger partial charge in [-0.15, -0.1) is 0 Å². The minimum Gasteiger partial charge on any atom is -0.376 e. The third-order valence-electron chi connectivity index (χ3n) is 5.71. The molecule has 1 aromatic carbocycles. The van der Waals surface area contributed by atoms with E-state index in [1.54, 1.807) is 19.0 Å². The number of benzene rings is 1. The lowest BCUT2D eigenvalue weighted by Gasteiger charge is -2.20. The number of carbonyl (C=O) groups is 1. The van der Waals surface area contributed by atoms with Crippen molar-refractivity contribution in [2.75, 3.05) is 47.0 Å². The molecule has 0 unspecified atom stereocenters. The Morgan fingerprint density at radius 2 is 1.96 bits per heavy atom. The summed E-state index contributed by atoms with van der Waals surface area (Å²) < 4.78 is 11.6. The van der Waals surface area contributed by atoms with Gasteiger partial charge in [0.1, 0.15) is 6.61 Å². The molecule has 144 valence electrons. The van der Waals surface area contributed by atoms with Crippen molar-refractivity contribution in [3.8, 4) is 0 Å². The monoisotopic (exact) mass is 360 g/mol. The maximum absolute atomic E-state index is 11.5. The van der Waals surface area contributed by atoms with Crippen molar-refractivity contribution in [2.24, 2.45) is 11.8 Å². The van der Waals surface area contributed by atoms with Crippen LogP contribution in [0.15, 0.2) is 24.3 Å². The number of fused-ring (bicyclic) bond motifs is 1. The molecule has 0 bridgehead atoms. The van der Waals surface area contributed by atoms with Crippen LogP contribution in [0.25, 0.3) is 0 Å². The number of hydrogen-bond donors (Lipinski definition) is 0. The quantitative estimate of drug-likeness (QED) is 0.667. The predicted octanol–water partition coefficient (Wildman–Crippen LogP) is 2.19. The Morgan fingerprint density at radius 1 is 1.23 bits per heavy atom. The third kappa shape index (κ3) is 4.84. The van der Waals surface area contributed by atoms with Gasteiger partial charge in [-0.1, -0.05) is 31.2 Å². The van der Waals surface area contributed by atoms with Crippen molar-refractivity contribution in [1.82, 2.24) is 9.80 Å². The Bertz CT molecular complexity index is 587. The molecule has 0 saturated carbocycles. The van der Waals surface area contributed by atoms with Crippen LogP contribution >= 0.6 is 0 Å². The highest BCUT2D eigenvalue weighted by Gasteiger charge is 2.43. The summed E-state index contributed by atoms with van der Waals surface area (Å²) in [6, 6.07) is 8.97. The van der Waals surface area contributed by atoms with Crippen molar-refractivity contribution in [2.45, 2.75) is 32.4 Å². The van der Waals surface area contributed by atoms with Crippen LogP contribution in [0.1, 0.15) is 24.5 Å². The second kappa shape index (κ2) is 8.98. The Morgan fingerprint density at radius 3 is 2.65 bits per heavy atom. The number of rotatable bonds is 8. The number of hydrogen-bond acceptors (Lipinski definition) is 4. The first kappa shape index (κ1) is 19.3. The van der Waals surface area contributed by atoms with Gasteiger partial charge in [-0.05, 0) is 29.9 Å². The second-order valence-corrected chi connectivity index (χ2v) is 7.79. The lowest BCUT2D eigenvalue weighted by atomic mass is 9.91. The lowest BCUT2D eigenvalue weighted by molar-refractivity contribution is -0.133. The van der Waals surface area contributed by atoms with Crippen LogP contribution in [-0.4, -0.2) is 68.8 Å². The topological polar surface area (TPSA) is 42.0 Å². The molecule has 3 atom stereocenters. The normalized spacial score (nSPS) is 25.4. The van der Waals surface area contributed by atoms with Crippen molar-refractivity contribution >= 4 is 5.91 Å². The summed E-state index contributed by atoms with van der Waals surface area (Å²) in [5, 5.41) is 0. The van der Waals surface area contributed by atoms with E-state index in [0.717, 1.165) is 39.1 Å². The molecule has 2 aliphatic rings. The fraction of sp³-hybridized carbons (Fsp3) is 0.667. The van der Waals surface area contributed by atoms with E-state index in [0.29, 0.717) is 24.5 Å². The zero-order chi connectivity index (χ0) is 18.5. The van der Waals surface area contributed by atoms with E-state index in [9.17, 15) is 4.79 Å². The van der Waals surface area contributed by atoms with E-state index < -0.39 is 0 Å². The standard InChI is InChI=1S/C21H32N2O3/c1-4-16-5-7-17(8-6-16)11-23-12-19-18(14-26-20(19)13-23)9-10-25-15-21(24)22(2)3/h5-8,18-20H,4,9-15H2,1-3H3/t18-,19-,20-/m1/s1. The fourth-order valence-electron chi connectivity index (χ4n) is 3.97. The van der Waals surface area contributed by atoms with Gasteiger partial charge in [-0.3, -0.25) is 9.69 Å². The maximum Gasteiger partial charge on any atom is 0.248 e. The Hall–Kier alpha value is -1.43. The molecule has 26 heavy (non-hydrogen) atoms. The zero-order valence-corrected chi connectivity index (χ0v) is 16.3. The first-order valence-corrected chi connectivity index (χ1v) is 9.76. The molecule has 2 saturated heterocycles. The van der Waals surface area contributed by atoms with Gasteiger partial charge in [0.25, 0.3) is 0 Å². The van der Waals surface area contributed by atoms with Gasteiger partial charge < -0.3 is 14.4 Å². The van der Waals surface area contributed by atoms with Crippen LogP contribution in [-0.2, 0) is 27.2 Å². The van der Waals surface area contributed by atoms with E-state index in [1.807, 2.05) is 0 Å². The summed E-state index contributed by atoms with van der Waals surface area (Å²) in [4.78, 5) is 15.6. The number of ether oxygens (including phenoxy) is 2. The van der Waals surface area contributed by atoms with Gasteiger partial charge >= 0.3 is 0 Å². The van der Waals surface area contributed by atoms with Gasteiger partial charge in [-0.2, -0.15) is 0 Å². The van der Waals surface area contributed by atoms with Crippen LogP contribution in [0.4, 0.5) is 0 Å². The highest BCUT2D eigenvalue weighted by molar-refractivity contribution is 5.76. The van der Waals surface area contributed by atoms with Gasteiger partial charge in [0, 0.05) is 46.3 Å².